The number of fused-ring (bicyclic) bond motifs is 1. The number of ether oxygens (including phenoxy) is 1. The molecule has 1 heterocycles. The van der Waals surface area contributed by atoms with E-state index in [9.17, 15) is 0 Å². The third-order valence-electron chi connectivity index (χ3n) is 3.42. The van der Waals surface area contributed by atoms with E-state index >= 15 is 0 Å². The lowest BCUT2D eigenvalue weighted by Gasteiger charge is -2.11. The van der Waals surface area contributed by atoms with Gasteiger partial charge in [0.1, 0.15) is 0 Å². The van der Waals surface area contributed by atoms with E-state index < -0.39 is 0 Å². The summed E-state index contributed by atoms with van der Waals surface area (Å²) in [4.78, 5) is 3.14. The largest absolute Gasteiger partial charge is 0.385 e. The fraction of sp³-hybridized carbons (Fsp3) is 0.714. The highest BCUT2D eigenvalue weighted by molar-refractivity contribution is 7.12. The Morgan fingerprint density at radius 2 is 2.24 bits per heavy atom. The molecule has 2 nitrogen and oxygen atoms in total. The van der Waals surface area contributed by atoms with Crippen molar-refractivity contribution in [2.45, 2.75) is 45.1 Å². The molecular formula is C14H23NOS. The molecule has 1 aromatic rings. The lowest BCUT2D eigenvalue weighted by molar-refractivity contribution is 0.193. The third kappa shape index (κ3) is 3.54. The molecule has 1 unspecified atom stereocenters. The summed E-state index contributed by atoms with van der Waals surface area (Å²) in [5, 5.41) is 3.57. The van der Waals surface area contributed by atoms with Gasteiger partial charge in [0, 0.05) is 29.5 Å². The highest BCUT2D eigenvalue weighted by Gasteiger charge is 2.15. The van der Waals surface area contributed by atoms with Gasteiger partial charge in [-0.2, -0.15) is 0 Å². The minimum atomic E-state index is 0.488. The van der Waals surface area contributed by atoms with E-state index in [4.69, 9.17) is 4.74 Å². The van der Waals surface area contributed by atoms with Crippen LogP contribution < -0.4 is 5.32 Å². The van der Waals surface area contributed by atoms with Crippen LogP contribution in [0.5, 0.6) is 0 Å². The average molecular weight is 253 g/mol. The van der Waals surface area contributed by atoms with Gasteiger partial charge in [-0.15, -0.1) is 11.3 Å². The van der Waals surface area contributed by atoms with Gasteiger partial charge in [-0.1, -0.05) is 0 Å². The molecular weight excluding hydrogens is 230 g/mol. The number of hydrogen-bond donors (Lipinski definition) is 1. The van der Waals surface area contributed by atoms with Crippen LogP contribution in [0.2, 0.25) is 0 Å². The SMILES string of the molecule is COCCCNC(C)c1cc2c(s1)CCCC2. The monoisotopic (exact) mass is 253 g/mol. The molecule has 0 saturated heterocycles. The van der Waals surface area contributed by atoms with Gasteiger partial charge in [0.2, 0.25) is 0 Å². The Bertz CT molecular complexity index is 324. The zero-order valence-electron chi connectivity index (χ0n) is 10.9. The predicted molar refractivity (Wildman–Crippen MR) is 73.9 cm³/mol. The Morgan fingerprint density at radius 3 is 3.00 bits per heavy atom. The molecule has 1 N–H and O–H groups in total. The normalized spacial score (nSPS) is 16.8. The second-order valence-electron chi connectivity index (χ2n) is 4.83. The zero-order valence-corrected chi connectivity index (χ0v) is 11.7. The van der Waals surface area contributed by atoms with Crippen LogP contribution >= 0.6 is 11.3 Å². The van der Waals surface area contributed by atoms with Crippen molar-refractivity contribution < 1.29 is 4.74 Å². The van der Waals surface area contributed by atoms with E-state index in [2.05, 4.69) is 18.3 Å². The molecule has 1 aromatic heterocycles. The van der Waals surface area contributed by atoms with Crippen LogP contribution in [-0.4, -0.2) is 20.3 Å². The van der Waals surface area contributed by atoms with Crippen LogP contribution in [0.25, 0.3) is 0 Å². The summed E-state index contributed by atoms with van der Waals surface area (Å²) in [6.07, 6.45) is 6.44. The van der Waals surface area contributed by atoms with Gasteiger partial charge >= 0.3 is 0 Å². The molecule has 0 aromatic carbocycles. The van der Waals surface area contributed by atoms with Crippen molar-refractivity contribution in [2.75, 3.05) is 20.3 Å². The summed E-state index contributed by atoms with van der Waals surface area (Å²) < 4.78 is 5.06. The lowest BCUT2D eigenvalue weighted by atomic mass is 9.99. The molecule has 0 fully saturated rings. The maximum Gasteiger partial charge on any atom is 0.0474 e. The van der Waals surface area contributed by atoms with E-state index in [-0.39, 0.29) is 0 Å². The molecule has 0 aliphatic heterocycles. The molecule has 1 aliphatic rings. The van der Waals surface area contributed by atoms with Gasteiger partial charge in [0.15, 0.2) is 0 Å². The van der Waals surface area contributed by atoms with Crippen molar-refractivity contribution in [1.82, 2.24) is 5.32 Å². The van der Waals surface area contributed by atoms with E-state index in [1.807, 2.05) is 11.3 Å². The van der Waals surface area contributed by atoms with Crippen LogP contribution in [0.4, 0.5) is 0 Å². The van der Waals surface area contributed by atoms with Crippen molar-refractivity contribution in [3.63, 3.8) is 0 Å². The van der Waals surface area contributed by atoms with Crippen molar-refractivity contribution in [3.8, 4) is 0 Å². The molecule has 1 atom stereocenters. The molecule has 0 spiro atoms. The summed E-state index contributed by atoms with van der Waals surface area (Å²) in [5.41, 5.74) is 1.61. The molecule has 1 aliphatic carbocycles. The fourth-order valence-corrected chi connectivity index (χ4v) is 3.65. The van der Waals surface area contributed by atoms with E-state index in [0.29, 0.717) is 6.04 Å². The molecule has 0 amide bonds. The molecule has 2 rings (SSSR count). The van der Waals surface area contributed by atoms with Crippen LogP contribution in [0.1, 0.15) is 47.5 Å². The number of thiophene rings is 1. The smallest absolute Gasteiger partial charge is 0.0474 e. The second kappa shape index (κ2) is 6.53. The van der Waals surface area contributed by atoms with Crippen LogP contribution in [-0.2, 0) is 17.6 Å². The van der Waals surface area contributed by atoms with Gasteiger partial charge in [-0.25, -0.2) is 0 Å². The van der Waals surface area contributed by atoms with Crippen molar-refractivity contribution in [1.29, 1.82) is 0 Å². The van der Waals surface area contributed by atoms with Crippen LogP contribution in [0.15, 0.2) is 6.07 Å². The van der Waals surface area contributed by atoms with Crippen LogP contribution in [0, 0.1) is 0 Å². The topological polar surface area (TPSA) is 21.3 Å². The first-order valence-electron chi connectivity index (χ1n) is 6.65. The standard InChI is InChI=1S/C14H23NOS/c1-11(15-8-5-9-16-2)14-10-12-6-3-4-7-13(12)17-14/h10-11,15H,3-9H2,1-2H3. The maximum absolute atomic E-state index is 5.06. The number of nitrogens with one attached hydrogen (secondary N) is 1. The first-order valence-corrected chi connectivity index (χ1v) is 7.46. The van der Waals surface area contributed by atoms with E-state index in [0.717, 1.165) is 19.6 Å². The third-order valence-corrected chi connectivity index (χ3v) is 4.84. The highest BCUT2D eigenvalue weighted by Crippen LogP contribution is 2.32. The van der Waals surface area contributed by atoms with Gasteiger partial charge < -0.3 is 10.1 Å². The Labute approximate surface area is 108 Å². The van der Waals surface area contributed by atoms with Gasteiger partial charge in [0.25, 0.3) is 0 Å². The summed E-state index contributed by atoms with van der Waals surface area (Å²) in [7, 11) is 1.76. The minimum Gasteiger partial charge on any atom is -0.385 e. The minimum absolute atomic E-state index is 0.488. The molecule has 96 valence electrons. The van der Waals surface area contributed by atoms with Crippen molar-refractivity contribution in [2.24, 2.45) is 0 Å². The van der Waals surface area contributed by atoms with Crippen molar-refractivity contribution in [3.05, 3.63) is 21.4 Å². The molecule has 0 radical (unpaired) electrons. The second-order valence-corrected chi connectivity index (χ2v) is 5.99. The fourth-order valence-electron chi connectivity index (χ4n) is 2.36. The van der Waals surface area contributed by atoms with Crippen molar-refractivity contribution >= 4 is 11.3 Å². The summed E-state index contributed by atoms with van der Waals surface area (Å²) in [6.45, 7) is 4.16. The maximum atomic E-state index is 5.06. The summed E-state index contributed by atoms with van der Waals surface area (Å²) in [5.74, 6) is 0. The predicted octanol–water partition coefficient (Wildman–Crippen LogP) is 3.31. The molecule has 0 saturated carbocycles. The quantitative estimate of drug-likeness (QED) is 0.785. The molecule has 17 heavy (non-hydrogen) atoms. The Hall–Kier alpha value is -0.380. The first kappa shape index (κ1) is 13.1. The molecule has 0 bridgehead atoms. The van der Waals surface area contributed by atoms with E-state index in [1.54, 1.807) is 17.6 Å². The number of methoxy groups -OCH3 is 1. The Morgan fingerprint density at radius 1 is 1.41 bits per heavy atom. The first-order chi connectivity index (χ1) is 8.31. The molecule has 3 heteroatoms. The average Bonchev–Trinajstić information content (AvgIpc) is 2.78. The Kier molecular flexibility index (Phi) is 5.01. The van der Waals surface area contributed by atoms with Crippen LogP contribution in [0.3, 0.4) is 0 Å². The van der Waals surface area contributed by atoms with Gasteiger partial charge in [-0.3, -0.25) is 0 Å². The lowest BCUT2D eigenvalue weighted by Crippen LogP contribution is -2.20. The van der Waals surface area contributed by atoms with Gasteiger partial charge in [-0.05, 0) is 57.2 Å². The van der Waals surface area contributed by atoms with E-state index in [1.165, 1.54) is 30.6 Å². The Balaban J connectivity index is 1.86. The number of hydrogen-bond acceptors (Lipinski definition) is 3. The van der Waals surface area contributed by atoms with Gasteiger partial charge in [0.05, 0.1) is 0 Å². The zero-order chi connectivity index (χ0) is 12.1. The number of aryl methyl sites for hydroxylation is 2. The number of rotatable bonds is 6. The summed E-state index contributed by atoms with van der Waals surface area (Å²) >= 11 is 2.01. The summed E-state index contributed by atoms with van der Waals surface area (Å²) in [6, 6.07) is 2.91. The highest BCUT2D eigenvalue weighted by atomic mass is 32.1.